The third kappa shape index (κ3) is 4.11. The van der Waals surface area contributed by atoms with Gasteiger partial charge in [0.05, 0.1) is 6.10 Å². The zero-order chi connectivity index (χ0) is 13.0. The molecule has 0 saturated carbocycles. The molecule has 0 amide bonds. The van der Waals surface area contributed by atoms with Crippen molar-refractivity contribution < 1.29 is 24.9 Å². The van der Waals surface area contributed by atoms with Crippen LogP contribution in [0.2, 0.25) is 0 Å². The molecule has 1 heterocycles. The van der Waals surface area contributed by atoms with Crippen LogP contribution >= 0.6 is 0 Å². The van der Waals surface area contributed by atoms with Gasteiger partial charge in [-0.25, -0.2) is 0 Å². The number of ether oxygens (including phenoxy) is 1. The lowest BCUT2D eigenvalue weighted by molar-refractivity contribution is -0.163. The quantitative estimate of drug-likeness (QED) is 0.446. The smallest absolute Gasteiger partial charge is 0.306 e. The predicted molar refractivity (Wildman–Crippen MR) is 61.1 cm³/mol. The van der Waals surface area contributed by atoms with E-state index < -0.39 is 30.4 Å². The highest BCUT2D eigenvalue weighted by atomic mass is 16.6. The van der Waals surface area contributed by atoms with Crippen LogP contribution in [0.25, 0.3) is 0 Å². The minimum Gasteiger partial charge on any atom is -0.459 e. The van der Waals surface area contributed by atoms with Gasteiger partial charge in [0.15, 0.2) is 0 Å². The Morgan fingerprint density at radius 1 is 1.29 bits per heavy atom. The molecule has 0 radical (unpaired) electrons. The average Bonchev–Trinajstić information content (AvgIpc) is 2.28. The van der Waals surface area contributed by atoms with Crippen molar-refractivity contribution in [3.05, 3.63) is 12.2 Å². The maximum Gasteiger partial charge on any atom is 0.306 e. The Morgan fingerprint density at radius 2 is 1.94 bits per heavy atom. The molecule has 3 N–H and O–H groups in total. The Kier molecular flexibility index (Phi) is 5.11. The van der Waals surface area contributed by atoms with Gasteiger partial charge in [-0.3, -0.25) is 4.79 Å². The van der Waals surface area contributed by atoms with Crippen molar-refractivity contribution in [2.45, 2.75) is 51.1 Å². The second-order valence-corrected chi connectivity index (χ2v) is 4.67. The fourth-order valence-electron chi connectivity index (χ4n) is 1.72. The van der Waals surface area contributed by atoms with E-state index in [1.54, 1.807) is 13.8 Å². The van der Waals surface area contributed by atoms with Crippen molar-refractivity contribution >= 4 is 5.97 Å². The van der Waals surface area contributed by atoms with Crippen LogP contribution in [0.15, 0.2) is 12.2 Å². The van der Waals surface area contributed by atoms with Crippen LogP contribution in [0, 0.1) is 5.92 Å². The van der Waals surface area contributed by atoms with Crippen LogP contribution in [-0.2, 0) is 9.53 Å². The summed E-state index contributed by atoms with van der Waals surface area (Å²) in [6, 6.07) is 0. The number of hydrogen-bond acceptors (Lipinski definition) is 5. The Labute approximate surface area is 101 Å². The highest BCUT2D eigenvalue weighted by Crippen LogP contribution is 2.18. The first-order chi connectivity index (χ1) is 7.91. The summed E-state index contributed by atoms with van der Waals surface area (Å²) < 4.78 is 5.13. The lowest BCUT2D eigenvalue weighted by atomic mass is 9.96. The van der Waals surface area contributed by atoms with Crippen molar-refractivity contribution in [3.63, 3.8) is 0 Å². The first-order valence-corrected chi connectivity index (χ1v) is 5.84. The predicted octanol–water partition coefficient (Wildman–Crippen LogP) is -0.0131. The van der Waals surface area contributed by atoms with E-state index in [1.165, 1.54) is 12.2 Å². The molecule has 0 fully saturated rings. The van der Waals surface area contributed by atoms with Crippen LogP contribution in [0.3, 0.4) is 0 Å². The molecule has 5 heteroatoms. The van der Waals surface area contributed by atoms with E-state index in [0.717, 1.165) is 0 Å². The molecule has 1 rings (SSSR count). The van der Waals surface area contributed by atoms with Gasteiger partial charge in [0.2, 0.25) is 0 Å². The fraction of sp³-hybridized carbons (Fsp3) is 0.750. The number of aliphatic hydroxyl groups excluding tert-OH is 3. The van der Waals surface area contributed by atoms with Crippen molar-refractivity contribution in [2.24, 2.45) is 5.92 Å². The van der Waals surface area contributed by atoms with Crippen molar-refractivity contribution in [1.29, 1.82) is 0 Å². The Hall–Kier alpha value is -0.910. The summed E-state index contributed by atoms with van der Waals surface area (Å²) in [4.78, 5) is 11.5. The second-order valence-electron chi connectivity index (χ2n) is 4.67. The summed E-state index contributed by atoms with van der Waals surface area (Å²) >= 11 is 0. The molecular formula is C12H20O5. The van der Waals surface area contributed by atoms with E-state index >= 15 is 0 Å². The lowest BCUT2D eigenvalue weighted by Crippen LogP contribution is -2.43. The summed E-state index contributed by atoms with van der Waals surface area (Å²) in [5.74, 6) is -0.564. The molecular weight excluding hydrogens is 224 g/mol. The van der Waals surface area contributed by atoms with E-state index in [-0.39, 0.29) is 18.8 Å². The number of aliphatic hydroxyl groups is 3. The fourth-order valence-corrected chi connectivity index (χ4v) is 1.72. The number of esters is 1. The minimum absolute atomic E-state index is 0.0948. The summed E-state index contributed by atoms with van der Waals surface area (Å²) in [7, 11) is 0. The molecule has 17 heavy (non-hydrogen) atoms. The molecule has 0 saturated heterocycles. The maximum absolute atomic E-state index is 11.5. The number of cyclic esters (lactones) is 1. The lowest BCUT2D eigenvalue weighted by Gasteiger charge is -2.29. The number of carbonyl (C=O) groups excluding carboxylic acids is 1. The van der Waals surface area contributed by atoms with E-state index in [1.807, 2.05) is 0 Å². The molecule has 0 spiro atoms. The zero-order valence-electron chi connectivity index (χ0n) is 10.1. The highest BCUT2D eigenvalue weighted by Gasteiger charge is 2.31. The summed E-state index contributed by atoms with van der Waals surface area (Å²) in [5, 5.41) is 29.0. The monoisotopic (exact) mass is 244 g/mol. The number of hydrogen-bond donors (Lipinski definition) is 3. The first-order valence-electron chi connectivity index (χ1n) is 5.84. The van der Waals surface area contributed by atoms with Crippen LogP contribution in [0.5, 0.6) is 0 Å². The van der Waals surface area contributed by atoms with Crippen LogP contribution in [0.1, 0.15) is 26.7 Å². The zero-order valence-corrected chi connectivity index (χ0v) is 10.1. The molecule has 5 nitrogen and oxygen atoms in total. The topological polar surface area (TPSA) is 87.0 Å². The Bertz CT molecular complexity index is 287. The molecule has 0 aliphatic carbocycles. The van der Waals surface area contributed by atoms with Gasteiger partial charge in [0.25, 0.3) is 0 Å². The van der Waals surface area contributed by atoms with Gasteiger partial charge in [0.1, 0.15) is 18.3 Å². The second kappa shape index (κ2) is 6.14. The number of rotatable bonds is 1. The summed E-state index contributed by atoms with van der Waals surface area (Å²) in [6.07, 6.45) is -0.797. The molecule has 1 aliphatic rings. The molecule has 0 bridgehead atoms. The number of carbonyl (C=O) groups is 1. The van der Waals surface area contributed by atoms with Gasteiger partial charge in [-0.05, 0) is 12.3 Å². The van der Waals surface area contributed by atoms with Crippen molar-refractivity contribution in [3.8, 4) is 0 Å². The first kappa shape index (κ1) is 14.2. The van der Waals surface area contributed by atoms with E-state index in [0.29, 0.717) is 0 Å². The van der Waals surface area contributed by atoms with Gasteiger partial charge in [0, 0.05) is 6.42 Å². The van der Waals surface area contributed by atoms with Crippen molar-refractivity contribution in [1.82, 2.24) is 0 Å². The van der Waals surface area contributed by atoms with E-state index in [9.17, 15) is 20.1 Å². The van der Waals surface area contributed by atoms with Gasteiger partial charge < -0.3 is 20.1 Å². The molecule has 0 unspecified atom stereocenters. The molecule has 0 aromatic carbocycles. The minimum atomic E-state index is -1.18. The van der Waals surface area contributed by atoms with Crippen molar-refractivity contribution in [2.75, 3.05) is 0 Å². The third-order valence-electron chi connectivity index (χ3n) is 2.79. The third-order valence-corrected chi connectivity index (χ3v) is 2.79. The summed E-state index contributed by atoms with van der Waals surface area (Å²) in [5.41, 5.74) is 0. The largest absolute Gasteiger partial charge is 0.459 e. The standard InChI is InChI=1S/C12H20O5/c1-7(2)12-11(16)9(14)5-3-8(13)4-6-10(15)17-12/h3,5,7-9,11-14,16H,4,6H2,1-2H3/b5-3+/t8-,9+,11+,12+/m0/s1. The Morgan fingerprint density at radius 3 is 2.53 bits per heavy atom. The molecule has 1 aliphatic heterocycles. The average molecular weight is 244 g/mol. The van der Waals surface area contributed by atoms with Crippen LogP contribution in [0.4, 0.5) is 0 Å². The SMILES string of the molecule is CC(C)[C@H]1OC(=O)CC[C@@H](O)/C=C/[C@@H](O)[C@H]1O. The van der Waals surface area contributed by atoms with Crippen LogP contribution < -0.4 is 0 Å². The van der Waals surface area contributed by atoms with E-state index in [2.05, 4.69) is 0 Å². The molecule has 0 aromatic heterocycles. The van der Waals surface area contributed by atoms with Gasteiger partial charge >= 0.3 is 5.97 Å². The molecule has 98 valence electrons. The van der Waals surface area contributed by atoms with Gasteiger partial charge in [-0.1, -0.05) is 26.0 Å². The molecule has 4 atom stereocenters. The van der Waals surface area contributed by atoms with Gasteiger partial charge in [-0.2, -0.15) is 0 Å². The normalized spacial score (nSPS) is 37.6. The van der Waals surface area contributed by atoms with Crippen LogP contribution in [-0.4, -0.2) is 45.7 Å². The van der Waals surface area contributed by atoms with E-state index in [4.69, 9.17) is 4.74 Å². The van der Waals surface area contributed by atoms with Gasteiger partial charge in [-0.15, -0.1) is 0 Å². The maximum atomic E-state index is 11.5. The Balaban J connectivity index is 2.86. The highest BCUT2D eigenvalue weighted by molar-refractivity contribution is 5.69. The molecule has 0 aromatic rings. The summed E-state index contributed by atoms with van der Waals surface area (Å²) in [6.45, 7) is 3.61.